The van der Waals surface area contributed by atoms with Gasteiger partial charge in [-0.3, -0.25) is 9.69 Å². The number of allylic oxidation sites excluding steroid dienone is 1. The van der Waals surface area contributed by atoms with Crippen LogP contribution in [0.15, 0.2) is 65.4 Å². The summed E-state index contributed by atoms with van der Waals surface area (Å²) in [5.41, 5.74) is -0.587. The van der Waals surface area contributed by atoms with Crippen LogP contribution in [0.25, 0.3) is 6.08 Å². The van der Waals surface area contributed by atoms with Gasteiger partial charge in [-0.25, -0.2) is 9.59 Å². The number of carboxylic acid groups (broad SMARTS) is 1. The SMILES string of the molecule is COC(=O)C1=C(C)N(c2cccc(C(F)(F)F)c2)C(=O)/C1=C/c1ccc(C(=O)O)cc1. The molecule has 2 aromatic rings. The van der Waals surface area contributed by atoms with Crippen LogP contribution in [-0.2, 0) is 20.5 Å². The van der Waals surface area contributed by atoms with Gasteiger partial charge in [0, 0.05) is 11.4 Å². The maximum absolute atomic E-state index is 13.1. The van der Waals surface area contributed by atoms with Gasteiger partial charge >= 0.3 is 18.1 Å². The molecule has 160 valence electrons. The summed E-state index contributed by atoms with van der Waals surface area (Å²) in [4.78, 5) is 37.5. The highest BCUT2D eigenvalue weighted by Crippen LogP contribution is 2.38. The number of ether oxygens (including phenoxy) is 1. The molecule has 0 radical (unpaired) electrons. The van der Waals surface area contributed by atoms with E-state index in [9.17, 15) is 27.6 Å². The number of esters is 1. The standard InChI is InChI=1S/C22H16F3NO5/c1-12-18(21(30)31-2)17(10-13-6-8-14(9-7-13)20(28)29)19(27)26(12)16-5-3-4-15(11-16)22(23,24)25/h3-11H,1-2H3,(H,28,29)/b17-10+. The first kappa shape index (κ1) is 21.8. The fourth-order valence-corrected chi connectivity index (χ4v) is 3.20. The van der Waals surface area contributed by atoms with Crippen LogP contribution in [0.5, 0.6) is 0 Å². The molecule has 2 aromatic carbocycles. The van der Waals surface area contributed by atoms with E-state index in [2.05, 4.69) is 0 Å². The fourth-order valence-electron chi connectivity index (χ4n) is 3.20. The molecular formula is C22H16F3NO5. The first-order valence-corrected chi connectivity index (χ1v) is 8.91. The summed E-state index contributed by atoms with van der Waals surface area (Å²) < 4.78 is 44.1. The Labute approximate surface area is 174 Å². The summed E-state index contributed by atoms with van der Waals surface area (Å²) in [5, 5.41) is 9.00. The van der Waals surface area contributed by atoms with E-state index >= 15 is 0 Å². The molecule has 0 unspecified atom stereocenters. The van der Waals surface area contributed by atoms with Crippen molar-refractivity contribution in [3.63, 3.8) is 0 Å². The number of nitrogens with zero attached hydrogens (tertiary/aromatic N) is 1. The van der Waals surface area contributed by atoms with Gasteiger partial charge in [-0.1, -0.05) is 18.2 Å². The third kappa shape index (κ3) is 4.20. The van der Waals surface area contributed by atoms with Gasteiger partial charge in [0.1, 0.15) is 0 Å². The molecule has 9 heteroatoms. The van der Waals surface area contributed by atoms with Crippen molar-refractivity contribution in [1.29, 1.82) is 0 Å². The van der Waals surface area contributed by atoms with Crippen molar-refractivity contribution in [2.75, 3.05) is 12.0 Å². The second-order valence-corrected chi connectivity index (χ2v) is 6.63. The first-order chi connectivity index (χ1) is 14.5. The lowest BCUT2D eigenvalue weighted by Crippen LogP contribution is -2.24. The van der Waals surface area contributed by atoms with Crippen molar-refractivity contribution in [3.05, 3.63) is 82.1 Å². The molecular weight excluding hydrogens is 415 g/mol. The minimum atomic E-state index is -4.61. The Hall–Kier alpha value is -3.88. The molecule has 6 nitrogen and oxygen atoms in total. The zero-order chi connectivity index (χ0) is 22.9. The molecule has 1 N–H and O–H groups in total. The van der Waals surface area contributed by atoms with Crippen LogP contribution in [0.2, 0.25) is 0 Å². The average molecular weight is 431 g/mol. The Balaban J connectivity index is 2.11. The van der Waals surface area contributed by atoms with E-state index in [0.29, 0.717) is 5.56 Å². The van der Waals surface area contributed by atoms with Gasteiger partial charge in [-0.15, -0.1) is 0 Å². The number of alkyl halides is 3. The van der Waals surface area contributed by atoms with Crippen molar-refractivity contribution in [2.24, 2.45) is 0 Å². The Morgan fingerprint density at radius 3 is 2.29 bits per heavy atom. The van der Waals surface area contributed by atoms with Crippen LogP contribution < -0.4 is 4.90 Å². The highest BCUT2D eigenvalue weighted by atomic mass is 19.4. The lowest BCUT2D eigenvalue weighted by Gasteiger charge is -2.19. The molecule has 0 saturated carbocycles. The summed E-state index contributed by atoms with van der Waals surface area (Å²) in [6.07, 6.45) is -3.25. The molecule has 1 aliphatic heterocycles. The zero-order valence-electron chi connectivity index (χ0n) is 16.4. The van der Waals surface area contributed by atoms with E-state index in [1.165, 1.54) is 49.4 Å². The van der Waals surface area contributed by atoms with E-state index < -0.39 is 29.6 Å². The number of halogens is 3. The molecule has 0 atom stereocenters. The van der Waals surface area contributed by atoms with Gasteiger partial charge in [0.15, 0.2) is 0 Å². The Morgan fingerprint density at radius 1 is 1.10 bits per heavy atom. The summed E-state index contributed by atoms with van der Waals surface area (Å²) in [5.74, 6) is -2.66. The molecule has 0 spiro atoms. The third-order valence-corrected chi connectivity index (χ3v) is 4.69. The molecule has 1 aliphatic rings. The molecule has 31 heavy (non-hydrogen) atoms. The number of aromatic carboxylic acids is 1. The maximum Gasteiger partial charge on any atom is 0.416 e. The van der Waals surface area contributed by atoms with Gasteiger partial charge in [-0.2, -0.15) is 13.2 Å². The number of anilines is 1. The lowest BCUT2D eigenvalue weighted by atomic mass is 10.0. The van der Waals surface area contributed by atoms with Crippen LogP contribution in [0.1, 0.15) is 28.4 Å². The minimum Gasteiger partial charge on any atom is -0.478 e. The van der Waals surface area contributed by atoms with Gasteiger partial charge in [0.2, 0.25) is 0 Å². The predicted molar refractivity (Wildman–Crippen MR) is 105 cm³/mol. The van der Waals surface area contributed by atoms with Gasteiger partial charge < -0.3 is 9.84 Å². The van der Waals surface area contributed by atoms with Crippen LogP contribution in [0.3, 0.4) is 0 Å². The highest BCUT2D eigenvalue weighted by molar-refractivity contribution is 6.23. The number of benzene rings is 2. The van der Waals surface area contributed by atoms with Crippen molar-refractivity contribution in [3.8, 4) is 0 Å². The van der Waals surface area contributed by atoms with E-state index in [4.69, 9.17) is 9.84 Å². The number of hydrogen-bond acceptors (Lipinski definition) is 4. The topological polar surface area (TPSA) is 83.9 Å². The lowest BCUT2D eigenvalue weighted by molar-refractivity contribution is -0.137. The molecule has 0 bridgehead atoms. The molecule has 0 aliphatic carbocycles. The number of carbonyl (C=O) groups excluding carboxylic acids is 2. The van der Waals surface area contributed by atoms with Gasteiger partial charge in [0.25, 0.3) is 5.91 Å². The maximum atomic E-state index is 13.1. The Kier molecular flexibility index (Phi) is 5.70. The molecule has 0 aromatic heterocycles. The first-order valence-electron chi connectivity index (χ1n) is 8.91. The molecule has 0 fully saturated rings. The normalized spacial score (nSPS) is 15.6. The third-order valence-electron chi connectivity index (χ3n) is 4.69. The minimum absolute atomic E-state index is 0.0328. The summed E-state index contributed by atoms with van der Waals surface area (Å²) in [7, 11) is 1.12. The molecule has 1 heterocycles. The summed E-state index contributed by atoms with van der Waals surface area (Å²) >= 11 is 0. The quantitative estimate of drug-likeness (QED) is 0.577. The largest absolute Gasteiger partial charge is 0.478 e. The van der Waals surface area contributed by atoms with Crippen LogP contribution >= 0.6 is 0 Å². The highest BCUT2D eigenvalue weighted by Gasteiger charge is 2.39. The van der Waals surface area contributed by atoms with Crippen LogP contribution in [0.4, 0.5) is 18.9 Å². The molecule has 3 rings (SSSR count). The fraction of sp³-hybridized carbons (Fsp3) is 0.136. The van der Waals surface area contributed by atoms with Crippen molar-refractivity contribution < 1.29 is 37.4 Å². The number of hydrogen-bond donors (Lipinski definition) is 1. The van der Waals surface area contributed by atoms with Crippen molar-refractivity contribution >= 4 is 29.6 Å². The van der Waals surface area contributed by atoms with Gasteiger partial charge in [-0.05, 0) is 48.9 Å². The predicted octanol–water partition coefficient (Wildman–Crippen LogP) is 4.28. The zero-order valence-corrected chi connectivity index (χ0v) is 16.4. The van der Waals surface area contributed by atoms with E-state index in [-0.39, 0.29) is 28.1 Å². The smallest absolute Gasteiger partial charge is 0.416 e. The number of rotatable bonds is 4. The number of carbonyl (C=O) groups is 3. The van der Waals surface area contributed by atoms with Gasteiger partial charge in [0.05, 0.1) is 29.4 Å². The summed E-state index contributed by atoms with van der Waals surface area (Å²) in [6.45, 7) is 1.43. The van der Waals surface area contributed by atoms with Crippen LogP contribution in [0, 0.1) is 0 Å². The number of carboxylic acids is 1. The average Bonchev–Trinajstić information content (AvgIpc) is 2.97. The second-order valence-electron chi connectivity index (χ2n) is 6.63. The van der Waals surface area contributed by atoms with Crippen LogP contribution in [-0.4, -0.2) is 30.1 Å². The van der Waals surface area contributed by atoms with E-state index in [1.807, 2.05) is 0 Å². The number of amides is 1. The van der Waals surface area contributed by atoms with E-state index in [0.717, 1.165) is 24.1 Å². The van der Waals surface area contributed by atoms with Crippen molar-refractivity contribution in [1.82, 2.24) is 0 Å². The second kappa shape index (κ2) is 8.10. The van der Waals surface area contributed by atoms with E-state index in [1.54, 1.807) is 0 Å². The van der Waals surface area contributed by atoms with Crippen molar-refractivity contribution in [2.45, 2.75) is 13.1 Å². The molecule has 0 saturated heterocycles. The number of methoxy groups -OCH3 is 1. The Morgan fingerprint density at radius 2 is 1.74 bits per heavy atom. The molecule has 1 amide bonds. The monoisotopic (exact) mass is 431 g/mol. The summed E-state index contributed by atoms with van der Waals surface area (Å²) in [6, 6.07) is 9.74. The Bertz CT molecular complexity index is 1130.